The second kappa shape index (κ2) is 5.99. The van der Waals surface area contributed by atoms with Crippen molar-refractivity contribution in [3.8, 4) is 0 Å². The van der Waals surface area contributed by atoms with E-state index in [1.54, 1.807) is 0 Å². The van der Waals surface area contributed by atoms with E-state index in [4.69, 9.17) is 0 Å². The smallest absolute Gasteiger partial charge is 0.308 e. The van der Waals surface area contributed by atoms with Crippen LogP contribution in [0.15, 0.2) is 48.5 Å². The van der Waals surface area contributed by atoms with Crippen LogP contribution in [0.25, 0.3) is 0 Å². The molecule has 0 spiro atoms. The molecule has 19 heavy (non-hydrogen) atoms. The molecule has 0 saturated heterocycles. The average Bonchev–Trinajstić information content (AvgIpc) is 2.37. The highest BCUT2D eigenvalue weighted by Crippen LogP contribution is 2.35. The average molecular weight is 272 g/mol. The van der Waals surface area contributed by atoms with Crippen LogP contribution in [0.2, 0.25) is 0 Å². The van der Waals surface area contributed by atoms with Gasteiger partial charge in [-0.05, 0) is 43.5 Å². The van der Waals surface area contributed by atoms with Crippen molar-refractivity contribution < 1.29 is 9.90 Å². The van der Waals surface area contributed by atoms with Crippen LogP contribution in [0.5, 0.6) is 0 Å². The van der Waals surface area contributed by atoms with Gasteiger partial charge in [0, 0.05) is 0 Å². The summed E-state index contributed by atoms with van der Waals surface area (Å²) in [7, 11) is -0.832. The van der Waals surface area contributed by atoms with Crippen molar-refractivity contribution in [3.05, 3.63) is 59.7 Å². The lowest BCUT2D eigenvalue weighted by Crippen LogP contribution is -2.21. The number of carboxylic acid groups (broad SMARTS) is 1. The maximum atomic E-state index is 11.2. The Bertz CT molecular complexity index is 547. The summed E-state index contributed by atoms with van der Waals surface area (Å²) in [6.45, 7) is 4.09. The van der Waals surface area contributed by atoms with E-state index >= 15 is 0 Å². The Morgan fingerprint density at radius 3 is 1.74 bits per heavy atom. The quantitative estimate of drug-likeness (QED) is 0.869. The lowest BCUT2D eigenvalue weighted by Gasteiger charge is -2.20. The van der Waals surface area contributed by atoms with Gasteiger partial charge in [0.05, 0.1) is 6.16 Å². The van der Waals surface area contributed by atoms with Gasteiger partial charge in [0.15, 0.2) is 0 Å². The number of benzene rings is 2. The molecule has 2 aromatic rings. The Hall–Kier alpha value is -1.66. The minimum absolute atomic E-state index is 0.186. The highest BCUT2D eigenvalue weighted by molar-refractivity contribution is 7.73. The summed E-state index contributed by atoms with van der Waals surface area (Å²) in [6, 6.07) is 16.1. The third-order valence-corrected chi connectivity index (χ3v) is 5.86. The largest absolute Gasteiger partial charge is 0.481 e. The van der Waals surface area contributed by atoms with E-state index in [1.165, 1.54) is 0 Å². The monoisotopic (exact) mass is 272 g/mol. The molecule has 1 N–H and O–H groups in total. The van der Waals surface area contributed by atoms with Crippen molar-refractivity contribution in [1.29, 1.82) is 0 Å². The van der Waals surface area contributed by atoms with Crippen molar-refractivity contribution in [2.75, 3.05) is 6.16 Å². The van der Waals surface area contributed by atoms with Gasteiger partial charge in [-0.3, -0.25) is 4.79 Å². The highest BCUT2D eigenvalue weighted by atomic mass is 31.1. The van der Waals surface area contributed by atoms with E-state index < -0.39 is 13.9 Å². The van der Waals surface area contributed by atoms with Gasteiger partial charge in [-0.15, -0.1) is 0 Å². The molecule has 0 heterocycles. The maximum absolute atomic E-state index is 11.2. The zero-order chi connectivity index (χ0) is 13.8. The van der Waals surface area contributed by atoms with E-state index in [0.717, 1.165) is 21.7 Å². The number of aliphatic carboxylic acids is 1. The molecule has 0 unspecified atom stereocenters. The Morgan fingerprint density at radius 1 is 0.947 bits per heavy atom. The molecule has 0 aliphatic carbocycles. The summed E-state index contributed by atoms with van der Waals surface area (Å²) in [5, 5.41) is 11.5. The molecule has 2 nitrogen and oxygen atoms in total. The molecular weight excluding hydrogens is 255 g/mol. The second-order valence-electron chi connectivity index (χ2n) is 4.55. The lowest BCUT2D eigenvalue weighted by molar-refractivity contribution is -0.134. The van der Waals surface area contributed by atoms with Crippen LogP contribution in [0, 0.1) is 13.8 Å². The number of hydrogen-bond donors (Lipinski definition) is 1. The van der Waals surface area contributed by atoms with Gasteiger partial charge >= 0.3 is 5.97 Å². The zero-order valence-corrected chi connectivity index (χ0v) is 12.0. The Balaban J connectivity index is 2.51. The number of carbonyl (C=O) groups is 1. The van der Waals surface area contributed by atoms with E-state index in [-0.39, 0.29) is 6.16 Å². The molecule has 0 aliphatic heterocycles. The molecule has 2 rings (SSSR count). The Labute approximate surface area is 114 Å². The first-order valence-corrected chi connectivity index (χ1v) is 7.73. The van der Waals surface area contributed by atoms with E-state index in [0.29, 0.717) is 0 Å². The van der Waals surface area contributed by atoms with Crippen molar-refractivity contribution in [1.82, 2.24) is 0 Å². The fourth-order valence-electron chi connectivity index (χ4n) is 2.17. The number of rotatable bonds is 4. The Kier molecular flexibility index (Phi) is 4.34. The molecule has 0 aromatic heterocycles. The first-order valence-electron chi connectivity index (χ1n) is 6.20. The Morgan fingerprint density at radius 2 is 1.37 bits per heavy atom. The first-order chi connectivity index (χ1) is 9.09. The molecule has 3 heteroatoms. The normalized spacial score (nSPS) is 10.7. The van der Waals surface area contributed by atoms with Crippen LogP contribution in [-0.4, -0.2) is 17.2 Å². The summed E-state index contributed by atoms with van der Waals surface area (Å²) < 4.78 is 0. The third kappa shape index (κ3) is 3.21. The molecule has 0 saturated carbocycles. The van der Waals surface area contributed by atoms with Gasteiger partial charge in [-0.2, -0.15) is 0 Å². The third-order valence-electron chi connectivity index (χ3n) is 3.11. The van der Waals surface area contributed by atoms with E-state index in [2.05, 4.69) is 12.1 Å². The molecule has 0 amide bonds. The molecule has 0 atom stereocenters. The van der Waals surface area contributed by atoms with E-state index in [9.17, 15) is 9.90 Å². The second-order valence-corrected chi connectivity index (χ2v) is 6.69. The topological polar surface area (TPSA) is 37.3 Å². The first kappa shape index (κ1) is 13.8. The predicted molar refractivity (Wildman–Crippen MR) is 81.0 cm³/mol. The van der Waals surface area contributed by atoms with Crippen LogP contribution in [0.1, 0.15) is 11.1 Å². The van der Waals surface area contributed by atoms with Crippen molar-refractivity contribution in [2.24, 2.45) is 0 Å². The van der Waals surface area contributed by atoms with Crippen molar-refractivity contribution in [3.63, 3.8) is 0 Å². The lowest BCUT2D eigenvalue weighted by atomic mass is 10.2. The van der Waals surface area contributed by atoms with Crippen LogP contribution in [0.4, 0.5) is 0 Å². The van der Waals surface area contributed by atoms with E-state index in [1.807, 2.05) is 50.2 Å². The number of aryl methyl sites for hydroxylation is 2. The van der Waals surface area contributed by atoms with Crippen LogP contribution < -0.4 is 10.6 Å². The zero-order valence-electron chi connectivity index (χ0n) is 11.1. The maximum Gasteiger partial charge on any atom is 0.308 e. The fourth-order valence-corrected chi connectivity index (χ4v) is 4.57. The SMILES string of the molecule is Cc1ccccc1P(CC(=O)O)c1ccccc1C. The van der Waals surface area contributed by atoms with Gasteiger partial charge in [0.2, 0.25) is 0 Å². The minimum atomic E-state index is -0.832. The molecule has 0 bridgehead atoms. The highest BCUT2D eigenvalue weighted by Gasteiger charge is 2.20. The summed E-state index contributed by atoms with van der Waals surface area (Å²) in [5.41, 5.74) is 2.33. The standard InChI is InChI=1S/C16H17O2P/c1-12-7-3-5-9-14(12)19(11-16(17)18)15-10-6-4-8-13(15)2/h3-10H,11H2,1-2H3,(H,17,18). The summed E-state index contributed by atoms with van der Waals surface area (Å²) in [5.74, 6) is -0.738. The van der Waals surface area contributed by atoms with Crippen LogP contribution >= 0.6 is 7.92 Å². The van der Waals surface area contributed by atoms with Crippen LogP contribution in [-0.2, 0) is 4.79 Å². The summed E-state index contributed by atoms with van der Waals surface area (Å²) >= 11 is 0. The molecule has 98 valence electrons. The molecule has 0 radical (unpaired) electrons. The number of carboxylic acids is 1. The van der Waals surface area contributed by atoms with Crippen molar-refractivity contribution in [2.45, 2.75) is 13.8 Å². The van der Waals surface area contributed by atoms with Gasteiger partial charge < -0.3 is 5.11 Å². The minimum Gasteiger partial charge on any atom is -0.481 e. The fraction of sp³-hybridized carbons (Fsp3) is 0.188. The predicted octanol–water partition coefficient (Wildman–Crippen LogP) is 2.82. The van der Waals surface area contributed by atoms with Crippen LogP contribution in [0.3, 0.4) is 0 Å². The van der Waals surface area contributed by atoms with Gasteiger partial charge in [-0.1, -0.05) is 48.5 Å². The molecule has 0 aliphatic rings. The number of hydrogen-bond acceptors (Lipinski definition) is 1. The van der Waals surface area contributed by atoms with Gasteiger partial charge in [-0.25, -0.2) is 0 Å². The molecule has 2 aromatic carbocycles. The van der Waals surface area contributed by atoms with Gasteiger partial charge in [0.25, 0.3) is 0 Å². The van der Waals surface area contributed by atoms with Gasteiger partial charge in [0.1, 0.15) is 0 Å². The summed E-state index contributed by atoms with van der Waals surface area (Å²) in [6.07, 6.45) is 0.186. The van der Waals surface area contributed by atoms with Crippen molar-refractivity contribution >= 4 is 24.5 Å². The summed E-state index contributed by atoms with van der Waals surface area (Å²) in [4.78, 5) is 11.2. The molecule has 0 fully saturated rings. The molecular formula is C16H17O2P.